The quantitative estimate of drug-likeness (QED) is 0.752. The fraction of sp³-hybridized carbons (Fsp3) is 0.900. The van der Waals surface area contributed by atoms with Gasteiger partial charge in [-0.2, -0.15) is 17.0 Å². The number of nitrogens with zero attached hydrogens (tertiary/aromatic N) is 2. The smallest absolute Gasteiger partial charge is 0.307 e. The fourth-order valence-electron chi connectivity index (χ4n) is 1.83. The topological polar surface area (TPSA) is 77.9 Å². The predicted octanol–water partition coefficient (Wildman–Crippen LogP) is 0.370. The fourth-order valence-corrected chi connectivity index (χ4v) is 3.29. The Morgan fingerprint density at radius 3 is 2.65 bits per heavy atom. The number of rotatable bonds is 6. The maximum atomic E-state index is 12.1. The first-order chi connectivity index (χ1) is 7.89. The van der Waals surface area contributed by atoms with Crippen molar-refractivity contribution in [1.29, 1.82) is 0 Å². The first-order valence-corrected chi connectivity index (χ1v) is 7.23. The highest BCUT2D eigenvalue weighted by atomic mass is 32.2. The average Bonchev–Trinajstić information content (AvgIpc) is 2.75. The lowest BCUT2D eigenvalue weighted by Crippen LogP contribution is -2.41. The van der Waals surface area contributed by atoms with Crippen LogP contribution in [-0.4, -0.2) is 54.8 Å². The molecule has 1 saturated heterocycles. The van der Waals surface area contributed by atoms with Crippen LogP contribution in [0.5, 0.6) is 0 Å². The van der Waals surface area contributed by atoms with Crippen LogP contribution in [0.25, 0.3) is 0 Å². The Hall–Kier alpha value is -0.660. The van der Waals surface area contributed by atoms with Gasteiger partial charge in [-0.1, -0.05) is 13.3 Å². The summed E-state index contributed by atoms with van der Waals surface area (Å²) in [6.07, 6.45) is 2.14. The van der Waals surface area contributed by atoms with Crippen molar-refractivity contribution in [3.05, 3.63) is 0 Å². The molecule has 1 aliphatic rings. The molecule has 1 heterocycles. The minimum Gasteiger partial charge on any atom is -0.481 e. The molecule has 17 heavy (non-hydrogen) atoms. The lowest BCUT2D eigenvalue weighted by molar-refractivity contribution is -0.141. The molecule has 0 aromatic heterocycles. The van der Waals surface area contributed by atoms with Gasteiger partial charge in [0.2, 0.25) is 0 Å². The summed E-state index contributed by atoms with van der Waals surface area (Å²) >= 11 is 0. The van der Waals surface area contributed by atoms with Gasteiger partial charge in [0.05, 0.1) is 5.92 Å². The third-order valence-electron chi connectivity index (χ3n) is 3.05. The van der Waals surface area contributed by atoms with Gasteiger partial charge in [-0.3, -0.25) is 4.79 Å². The van der Waals surface area contributed by atoms with E-state index in [1.165, 1.54) is 8.61 Å². The second kappa shape index (κ2) is 5.79. The minimum absolute atomic E-state index is 0.0914. The van der Waals surface area contributed by atoms with Gasteiger partial charge in [0.1, 0.15) is 0 Å². The molecule has 6 nitrogen and oxygen atoms in total. The zero-order valence-corrected chi connectivity index (χ0v) is 11.1. The second-order valence-electron chi connectivity index (χ2n) is 4.36. The summed E-state index contributed by atoms with van der Waals surface area (Å²) < 4.78 is 26.7. The van der Waals surface area contributed by atoms with E-state index in [1.54, 1.807) is 7.05 Å². The number of aliphatic carboxylic acids is 1. The molecular weight excluding hydrogens is 244 g/mol. The van der Waals surface area contributed by atoms with Crippen LogP contribution in [0.2, 0.25) is 0 Å². The van der Waals surface area contributed by atoms with E-state index in [1.807, 2.05) is 6.92 Å². The van der Waals surface area contributed by atoms with E-state index in [2.05, 4.69) is 0 Å². The van der Waals surface area contributed by atoms with Gasteiger partial charge in [-0.25, -0.2) is 0 Å². The molecule has 0 aromatic rings. The van der Waals surface area contributed by atoms with Crippen molar-refractivity contribution in [3.63, 3.8) is 0 Å². The van der Waals surface area contributed by atoms with E-state index >= 15 is 0 Å². The molecule has 0 bridgehead atoms. The van der Waals surface area contributed by atoms with Crippen LogP contribution in [0.1, 0.15) is 26.2 Å². The van der Waals surface area contributed by atoms with Crippen LogP contribution >= 0.6 is 0 Å². The third kappa shape index (κ3) is 3.40. The number of unbranched alkanes of at least 4 members (excludes halogenated alkanes) is 1. The number of carboxylic acids is 1. The zero-order valence-electron chi connectivity index (χ0n) is 10.3. The lowest BCUT2D eigenvalue weighted by atomic mass is 10.1. The van der Waals surface area contributed by atoms with Crippen molar-refractivity contribution in [1.82, 2.24) is 8.61 Å². The molecule has 0 amide bonds. The summed E-state index contributed by atoms with van der Waals surface area (Å²) in [4.78, 5) is 10.8. The Bertz CT molecular complexity index is 369. The van der Waals surface area contributed by atoms with Crippen LogP contribution in [0.3, 0.4) is 0 Å². The van der Waals surface area contributed by atoms with E-state index in [4.69, 9.17) is 5.11 Å². The van der Waals surface area contributed by atoms with Crippen molar-refractivity contribution in [2.24, 2.45) is 5.92 Å². The van der Waals surface area contributed by atoms with Gasteiger partial charge in [-0.15, -0.1) is 0 Å². The lowest BCUT2D eigenvalue weighted by Gasteiger charge is -2.23. The largest absolute Gasteiger partial charge is 0.481 e. The van der Waals surface area contributed by atoms with Crippen molar-refractivity contribution < 1.29 is 18.3 Å². The number of hydrogen-bond acceptors (Lipinski definition) is 3. The van der Waals surface area contributed by atoms with E-state index < -0.39 is 22.1 Å². The van der Waals surface area contributed by atoms with Crippen LogP contribution < -0.4 is 0 Å². The highest BCUT2D eigenvalue weighted by Gasteiger charge is 2.36. The third-order valence-corrected chi connectivity index (χ3v) is 5.00. The molecule has 0 spiro atoms. The van der Waals surface area contributed by atoms with Gasteiger partial charge >= 0.3 is 5.97 Å². The molecule has 7 heteroatoms. The maximum Gasteiger partial charge on any atom is 0.307 e. The van der Waals surface area contributed by atoms with Gasteiger partial charge in [-0.05, 0) is 12.8 Å². The van der Waals surface area contributed by atoms with Crippen LogP contribution in [0.4, 0.5) is 0 Å². The van der Waals surface area contributed by atoms with E-state index in [0.717, 1.165) is 12.8 Å². The van der Waals surface area contributed by atoms with Crippen LogP contribution in [-0.2, 0) is 15.0 Å². The summed E-state index contributed by atoms with van der Waals surface area (Å²) in [7, 11) is -1.93. The molecule has 1 atom stereocenters. The molecule has 0 aliphatic carbocycles. The first-order valence-electron chi connectivity index (χ1n) is 5.83. The van der Waals surface area contributed by atoms with Gasteiger partial charge in [0.15, 0.2) is 0 Å². The number of hydrogen-bond donors (Lipinski definition) is 1. The predicted molar refractivity (Wildman–Crippen MR) is 63.8 cm³/mol. The number of carbonyl (C=O) groups is 1. The van der Waals surface area contributed by atoms with Crippen molar-refractivity contribution >= 4 is 16.2 Å². The summed E-state index contributed by atoms with van der Waals surface area (Å²) in [6, 6.07) is 0. The maximum absolute atomic E-state index is 12.1. The Morgan fingerprint density at radius 1 is 1.53 bits per heavy atom. The van der Waals surface area contributed by atoms with Gasteiger partial charge in [0, 0.05) is 26.7 Å². The van der Waals surface area contributed by atoms with E-state index in [0.29, 0.717) is 19.5 Å². The van der Waals surface area contributed by atoms with Gasteiger partial charge in [0.25, 0.3) is 10.2 Å². The van der Waals surface area contributed by atoms with Crippen molar-refractivity contribution in [2.75, 3.05) is 26.7 Å². The highest BCUT2D eigenvalue weighted by Crippen LogP contribution is 2.21. The van der Waals surface area contributed by atoms with Crippen molar-refractivity contribution in [2.45, 2.75) is 26.2 Å². The summed E-state index contributed by atoms with van der Waals surface area (Å²) in [5, 5.41) is 8.84. The Balaban J connectivity index is 2.63. The Morgan fingerprint density at radius 2 is 2.18 bits per heavy atom. The number of carboxylic acid groups (broad SMARTS) is 1. The molecule has 0 saturated carbocycles. The van der Waals surface area contributed by atoms with E-state index in [9.17, 15) is 13.2 Å². The standard InChI is InChI=1S/C10H20N2O4S/c1-3-4-6-11(2)17(15,16)12-7-5-9(8-12)10(13)14/h9H,3-8H2,1-2H3,(H,13,14)/t9-/m0/s1. The Kier molecular flexibility index (Phi) is 4.91. The first kappa shape index (κ1) is 14.4. The minimum atomic E-state index is -3.47. The monoisotopic (exact) mass is 264 g/mol. The molecule has 1 aliphatic heterocycles. The zero-order chi connectivity index (χ0) is 13.1. The molecule has 0 unspecified atom stereocenters. The van der Waals surface area contributed by atoms with Crippen LogP contribution in [0, 0.1) is 5.92 Å². The molecule has 1 rings (SSSR count). The molecule has 1 N–H and O–H groups in total. The van der Waals surface area contributed by atoms with Crippen LogP contribution in [0.15, 0.2) is 0 Å². The van der Waals surface area contributed by atoms with Crippen molar-refractivity contribution in [3.8, 4) is 0 Å². The molecular formula is C10H20N2O4S. The molecule has 1 fully saturated rings. The summed E-state index contributed by atoms with van der Waals surface area (Å²) in [6.45, 7) is 2.87. The SMILES string of the molecule is CCCCN(C)S(=O)(=O)N1CC[C@H](C(=O)O)C1. The Labute approximate surface area is 102 Å². The van der Waals surface area contributed by atoms with Gasteiger partial charge < -0.3 is 5.11 Å². The summed E-state index contributed by atoms with van der Waals surface area (Å²) in [5.74, 6) is -1.48. The normalized spacial score (nSPS) is 22.2. The molecule has 0 aromatic carbocycles. The second-order valence-corrected chi connectivity index (χ2v) is 6.40. The molecule has 0 radical (unpaired) electrons. The average molecular weight is 264 g/mol. The highest BCUT2D eigenvalue weighted by molar-refractivity contribution is 7.86. The van der Waals surface area contributed by atoms with E-state index in [-0.39, 0.29) is 6.54 Å². The molecule has 100 valence electrons. The summed E-state index contributed by atoms with van der Waals surface area (Å²) in [5.41, 5.74) is 0.